The van der Waals surface area contributed by atoms with Crippen LogP contribution in [0.3, 0.4) is 0 Å². The topological polar surface area (TPSA) is 33.5 Å². The minimum atomic E-state index is -0.386. The van der Waals surface area contributed by atoms with Crippen molar-refractivity contribution in [2.45, 2.75) is 54.9 Å². The first kappa shape index (κ1) is 20.7. The lowest BCUT2D eigenvalue weighted by atomic mass is 9.94. The Morgan fingerprint density at radius 1 is 1.25 bits per heavy atom. The molecule has 134 valence electrons. The highest BCUT2D eigenvalue weighted by molar-refractivity contribution is 5.97. The summed E-state index contributed by atoms with van der Waals surface area (Å²) < 4.78 is 0. The Hall–Kier alpha value is -1.32. The van der Waals surface area contributed by atoms with Gasteiger partial charge in [0.1, 0.15) is 12.2 Å². The van der Waals surface area contributed by atoms with E-state index in [0.717, 1.165) is 30.8 Å². The highest BCUT2D eigenvalue weighted by Crippen LogP contribution is 2.33. The van der Waals surface area contributed by atoms with Crippen molar-refractivity contribution in [1.29, 1.82) is 0 Å². The molecule has 1 aliphatic heterocycles. The molecule has 1 atom stereocenters. The van der Waals surface area contributed by atoms with Gasteiger partial charge in [-0.25, -0.2) is 0 Å². The summed E-state index contributed by atoms with van der Waals surface area (Å²) in [6.07, 6.45) is 3.38. The summed E-state index contributed by atoms with van der Waals surface area (Å²) in [5.41, 5.74) is 7.21. The van der Waals surface area contributed by atoms with E-state index in [-0.39, 0.29) is 23.7 Å². The van der Waals surface area contributed by atoms with Gasteiger partial charge in [0.2, 0.25) is 5.91 Å². The number of nitrogens with one attached hydrogen (secondary N) is 2. The minimum absolute atomic E-state index is 0. The predicted molar refractivity (Wildman–Crippen MR) is 97.5 cm³/mol. The van der Waals surface area contributed by atoms with Gasteiger partial charge >= 0.3 is 0 Å². The minimum Gasteiger partial charge on any atom is -1.00 e. The molecule has 0 saturated carbocycles. The number of benzene rings is 1. The first-order chi connectivity index (χ1) is 10.6. The van der Waals surface area contributed by atoms with Crippen LogP contribution < -0.4 is 22.6 Å². The molecule has 3 nitrogen and oxygen atoms in total. The van der Waals surface area contributed by atoms with Crippen molar-refractivity contribution in [2.24, 2.45) is 5.41 Å². The molecule has 0 saturated heterocycles. The average Bonchev–Trinajstić information content (AvgIpc) is 2.84. The van der Waals surface area contributed by atoms with E-state index in [1.54, 1.807) is 0 Å². The molecule has 1 unspecified atom stereocenters. The molecule has 2 rings (SSSR count). The summed E-state index contributed by atoms with van der Waals surface area (Å²) in [4.78, 5) is 14.0. The molecule has 0 radical (unpaired) electrons. The number of hydrogen-bond acceptors (Lipinski definition) is 1. The van der Waals surface area contributed by atoms with Crippen LogP contribution >= 0.6 is 0 Å². The van der Waals surface area contributed by atoms with Gasteiger partial charge < -0.3 is 17.7 Å². The fourth-order valence-electron chi connectivity index (χ4n) is 3.14. The molecule has 1 aromatic carbocycles. The lowest BCUT2D eigenvalue weighted by Gasteiger charge is -2.22. The number of fused-ring (bicyclic) bond motifs is 1. The third kappa shape index (κ3) is 4.40. The van der Waals surface area contributed by atoms with Crippen LogP contribution in [-0.4, -0.2) is 19.0 Å². The number of anilines is 1. The Bertz CT molecular complexity index is 653. The molecule has 24 heavy (non-hydrogen) atoms. The molecule has 0 bridgehead atoms. The van der Waals surface area contributed by atoms with Crippen LogP contribution in [0.4, 0.5) is 11.4 Å². The lowest BCUT2D eigenvalue weighted by Crippen LogP contribution is -3.05. The number of quaternary nitrogens is 1. The summed E-state index contributed by atoms with van der Waals surface area (Å²) >= 11 is 0. The van der Waals surface area contributed by atoms with Gasteiger partial charge in [0, 0.05) is 17.4 Å². The quantitative estimate of drug-likeness (QED) is 0.757. The third-order valence-electron chi connectivity index (χ3n) is 4.56. The molecule has 1 heterocycles. The van der Waals surface area contributed by atoms with E-state index in [1.165, 1.54) is 27.3 Å². The van der Waals surface area contributed by atoms with Gasteiger partial charge in [0.15, 0.2) is 5.69 Å². The van der Waals surface area contributed by atoms with Gasteiger partial charge in [0.05, 0.1) is 6.54 Å². The molecular formula is C20H31ClN2O. The van der Waals surface area contributed by atoms with Crippen LogP contribution in [-0.2, 0) is 11.2 Å². The molecular weight excluding hydrogens is 320 g/mol. The van der Waals surface area contributed by atoms with E-state index in [2.05, 4.69) is 45.2 Å². The monoisotopic (exact) mass is 350 g/mol. The van der Waals surface area contributed by atoms with Gasteiger partial charge in [0.25, 0.3) is 0 Å². The fourth-order valence-corrected chi connectivity index (χ4v) is 3.14. The maximum absolute atomic E-state index is 12.5. The number of carbonyl (C=O) groups excluding carboxylic acids is 1. The SMILES string of the molecule is CC(C)=CC[NH+]1CCc2c(C)cc(C)c(NC(=O)C(C)(C)C)c21.[Cl-]. The van der Waals surface area contributed by atoms with Crippen LogP contribution in [0.5, 0.6) is 0 Å². The Kier molecular flexibility index (Phi) is 6.66. The molecule has 0 fully saturated rings. The summed E-state index contributed by atoms with van der Waals surface area (Å²) in [6, 6.07) is 2.21. The highest BCUT2D eigenvalue weighted by Gasteiger charge is 2.32. The summed E-state index contributed by atoms with van der Waals surface area (Å²) in [5, 5.41) is 3.21. The maximum atomic E-state index is 12.5. The second kappa shape index (κ2) is 7.71. The second-order valence-electron chi connectivity index (χ2n) is 8.03. The summed E-state index contributed by atoms with van der Waals surface area (Å²) in [7, 11) is 0. The Morgan fingerprint density at radius 2 is 1.88 bits per heavy atom. The Morgan fingerprint density at radius 3 is 2.42 bits per heavy atom. The van der Waals surface area contributed by atoms with E-state index < -0.39 is 0 Å². The molecule has 4 heteroatoms. The van der Waals surface area contributed by atoms with Crippen molar-refractivity contribution >= 4 is 17.3 Å². The van der Waals surface area contributed by atoms with Crippen LogP contribution in [0, 0.1) is 19.3 Å². The Labute approximate surface area is 152 Å². The normalized spacial score (nSPS) is 16.2. The van der Waals surface area contributed by atoms with E-state index in [1.807, 2.05) is 20.8 Å². The zero-order chi connectivity index (χ0) is 17.4. The molecule has 0 spiro atoms. The first-order valence-corrected chi connectivity index (χ1v) is 8.54. The third-order valence-corrected chi connectivity index (χ3v) is 4.56. The zero-order valence-corrected chi connectivity index (χ0v) is 16.8. The number of allylic oxidation sites excluding steroid dienone is 1. The van der Waals surface area contributed by atoms with E-state index in [4.69, 9.17) is 0 Å². The summed E-state index contributed by atoms with van der Waals surface area (Å²) in [5.74, 6) is 0.0834. The Balaban J connectivity index is 0.00000288. The van der Waals surface area contributed by atoms with E-state index in [0.29, 0.717) is 0 Å². The van der Waals surface area contributed by atoms with Crippen LogP contribution in [0.15, 0.2) is 17.7 Å². The van der Waals surface area contributed by atoms with Crippen molar-refractivity contribution in [1.82, 2.24) is 0 Å². The zero-order valence-electron chi connectivity index (χ0n) is 16.1. The molecule has 0 aliphatic carbocycles. The second-order valence-corrected chi connectivity index (χ2v) is 8.03. The van der Waals surface area contributed by atoms with Crippen molar-refractivity contribution in [2.75, 3.05) is 18.4 Å². The number of aryl methyl sites for hydroxylation is 2. The van der Waals surface area contributed by atoms with Gasteiger partial charge in [-0.3, -0.25) is 9.69 Å². The number of hydrogen-bond donors (Lipinski definition) is 2. The molecule has 1 aliphatic rings. The highest BCUT2D eigenvalue weighted by atomic mass is 35.5. The maximum Gasteiger partial charge on any atom is 0.229 e. The van der Waals surface area contributed by atoms with Crippen LogP contribution in [0.2, 0.25) is 0 Å². The number of amides is 1. The molecule has 1 aromatic rings. The molecule has 0 aromatic heterocycles. The number of halogens is 1. The standard InChI is InChI=1S/C20H30N2O.ClH/c1-13(2)8-10-22-11-9-16-14(3)12-15(4)17(18(16)22)21-19(23)20(5,6)7;/h8,12H,9-11H2,1-7H3,(H,21,23);1H. The number of rotatable bonds is 3. The predicted octanol–water partition coefficient (Wildman–Crippen LogP) is 0.331. The average molecular weight is 351 g/mol. The largest absolute Gasteiger partial charge is 1.00 e. The van der Waals surface area contributed by atoms with E-state index in [9.17, 15) is 4.79 Å². The van der Waals surface area contributed by atoms with Crippen molar-refractivity contribution in [3.63, 3.8) is 0 Å². The van der Waals surface area contributed by atoms with Crippen molar-refractivity contribution in [3.8, 4) is 0 Å². The summed E-state index contributed by atoms with van der Waals surface area (Å²) in [6.45, 7) is 16.5. The van der Waals surface area contributed by atoms with Crippen molar-refractivity contribution in [3.05, 3.63) is 34.4 Å². The number of carbonyl (C=O) groups is 1. The molecule has 2 N–H and O–H groups in total. The first-order valence-electron chi connectivity index (χ1n) is 8.54. The van der Waals surface area contributed by atoms with E-state index >= 15 is 0 Å². The smallest absolute Gasteiger partial charge is 0.229 e. The van der Waals surface area contributed by atoms with Crippen molar-refractivity contribution < 1.29 is 22.1 Å². The van der Waals surface area contributed by atoms with Gasteiger partial charge in [-0.1, -0.05) is 32.4 Å². The fraction of sp³-hybridized carbons (Fsp3) is 0.550. The molecule has 1 amide bonds. The van der Waals surface area contributed by atoms with Gasteiger partial charge in [-0.05, 0) is 44.9 Å². The van der Waals surface area contributed by atoms with Crippen LogP contribution in [0.25, 0.3) is 0 Å². The van der Waals surface area contributed by atoms with Crippen LogP contribution in [0.1, 0.15) is 51.3 Å². The van der Waals surface area contributed by atoms with Gasteiger partial charge in [-0.2, -0.15) is 0 Å². The lowest BCUT2D eigenvalue weighted by molar-refractivity contribution is -0.818. The van der Waals surface area contributed by atoms with Gasteiger partial charge in [-0.15, -0.1) is 0 Å².